The predicted octanol–water partition coefficient (Wildman–Crippen LogP) is 2.60. The van der Waals surface area contributed by atoms with E-state index >= 15 is 0 Å². The molecule has 3 rings (SSSR count). The number of aryl methyl sites for hydroxylation is 2. The van der Waals surface area contributed by atoms with Gasteiger partial charge in [0.25, 0.3) is 0 Å². The SMILES string of the molecule is Cc1cc(C)cc(OCCC(=O)N2CCCC(CNC(=O)C3CCCN3)C2)c1.Cl. The molecule has 1 aromatic rings. The monoisotopic (exact) mass is 423 g/mol. The summed E-state index contributed by atoms with van der Waals surface area (Å²) in [4.78, 5) is 26.6. The predicted molar refractivity (Wildman–Crippen MR) is 117 cm³/mol. The summed E-state index contributed by atoms with van der Waals surface area (Å²) < 4.78 is 5.78. The van der Waals surface area contributed by atoms with Crippen LogP contribution in [-0.2, 0) is 9.59 Å². The van der Waals surface area contributed by atoms with Crippen molar-refractivity contribution >= 4 is 24.2 Å². The zero-order chi connectivity index (χ0) is 19.9. The summed E-state index contributed by atoms with van der Waals surface area (Å²) in [6.07, 6.45) is 4.42. The lowest BCUT2D eigenvalue weighted by Gasteiger charge is -2.33. The number of ether oxygens (including phenoxy) is 1. The Bertz CT molecular complexity index is 672. The standard InChI is InChI=1S/C22H33N3O3.ClH/c1-16-11-17(2)13-19(12-16)28-10-7-21(26)25-9-4-5-18(15-25)14-24-22(27)20-6-3-8-23-20;/h11-13,18,20,23H,3-10,14-15H2,1-2H3,(H,24,27);1H. The first-order valence-electron chi connectivity index (χ1n) is 10.5. The molecule has 0 radical (unpaired) electrons. The molecule has 0 aliphatic carbocycles. The van der Waals surface area contributed by atoms with Gasteiger partial charge in [0.2, 0.25) is 11.8 Å². The number of hydrogen-bond acceptors (Lipinski definition) is 4. The molecule has 162 valence electrons. The molecule has 2 atom stereocenters. The molecule has 6 nitrogen and oxygen atoms in total. The lowest BCUT2D eigenvalue weighted by molar-refractivity contribution is -0.133. The summed E-state index contributed by atoms with van der Waals surface area (Å²) in [6.45, 7) is 7.58. The molecule has 2 aliphatic rings. The Hall–Kier alpha value is -1.79. The van der Waals surface area contributed by atoms with Crippen LogP contribution in [0.5, 0.6) is 5.75 Å². The van der Waals surface area contributed by atoms with E-state index < -0.39 is 0 Å². The molecule has 2 amide bonds. The van der Waals surface area contributed by atoms with Crippen molar-refractivity contribution in [3.05, 3.63) is 29.3 Å². The molecule has 0 spiro atoms. The van der Waals surface area contributed by atoms with E-state index in [2.05, 4.69) is 16.7 Å². The first kappa shape index (κ1) is 23.5. The van der Waals surface area contributed by atoms with Gasteiger partial charge in [-0.1, -0.05) is 6.07 Å². The maximum absolute atomic E-state index is 12.6. The molecular formula is C22H34ClN3O3. The van der Waals surface area contributed by atoms with E-state index in [-0.39, 0.29) is 30.3 Å². The quantitative estimate of drug-likeness (QED) is 0.707. The Morgan fingerprint density at radius 3 is 2.62 bits per heavy atom. The largest absolute Gasteiger partial charge is 0.493 e. The Labute approximate surface area is 180 Å². The number of halogens is 1. The van der Waals surface area contributed by atoms with Gasteiger partial charge in [-0.25, -0.2) is 0 Å². The fourth-order valence-corrected chi connectivity index (χ4v) is 4.17. The molecule has 2 fully saturated rings. The van der Waals surface area contributed by atoms with Gasteiger partial charge in [0, 0.05) is 19.6 Å². The first-order chi connectivity index (χ1) is 13.5. The number of likely N-dealkylation sites (tertiary alicyclic amines) is 1. The van der Waals surface area contributed by atoms with Crippen molar-refractivity contribution in [3.63, 3.8) is 0 Å². The highest BCUT2D eigenvalue weighted by molar-refractivity contribution is 5.85. The minimum Gasteiger partial charge on any atom is -0.493 e. The van der Waals surface area contributed by atoms with Gasteiger partial charge in [0.15, 0.2) is 0 Å². The van der Waals surface area contributed by atoms with Gasteiger partial charge in [-0.3, -0.25) is 9.59 Å². The molecular weight excluding hydrogens is 390 g/mol. The molecule has 2 aliphatic heterocycles. The third kappa shape index (κ3) is 7.19. The Morgan fingerprint density at radius 2 is 1.93 bits per heavy atom. The molecule has 2 N–H and O–H groups in total. The highest BCUT2D eigenvalue weighted by Gasteiger charge is 2.26. The van der Waals surface area contributed by atoms with E-state index in [1.807, 2.05) is 30.9 Å². The third-order valence-corrected chi connectivity index (χ3v) is 5.59. The number of nitrogens with zero attached hydrogens (tertiary/aromatic N) is 1. The van der Waals surface area contributed by atoms with Crippen LogP contribution in [0.1, 0.15) is 43.2 Å². The van der Waals surface area contributed by atoms with Crippen LogP contribution in [0.4, 0.5) is 0 Å². The topological polar surface area (TPSA) is 70.7 Å². The molecule has 7 heteroatoms. The van der Waals surface area contributed by atoms with Crippen LogP contribution in [0.3, 0.4) is 0 Å². The summed E-state index contributed by atoms with van der Waals surface area (Å²) in [5.41, 5.74) is 2.32. The number of carbonyl (C=O) groups is 2. The van der Waals surface area contributed by atoms with Gasteiger partial charge in [0.05, 0.1) is 19.1 Å². The van der Waals surface area contributed by atoms with E-state index in [1.54, 1.807) is 0 Å². The van der Waals surface area contributed by atoms with Gasteiger partial charge >= 0.3 is 0 Å². The Balaban J connectivity index is 0.00000300. The average molecular weight is 424 g/mol. The maximum atomic E-state index is 12.6. The lowest BCUT2D eigenvalue weighted by atomic mass is 9.97. The average Bonchev–Trinajstić information content (AvgIpc) is 3.20. The highest BCUT2D eigenvalue weighted by atomic mass is 35.5. The van der Waals surface area contributed by atoms with E-state index in [0.29, 0.717) is 25.5 Å². The molecule has 0 bridgehead atoms. The summed E-state index contributed by atoms with van der Waals surface area (Å²) in [7, 11) is 0. The first-order valence-corrected chi connectivity index (χ1v) is 10.5. The van der Waals surface area contributed by atoms with Crippen molar-refractivity contribution in [2.45, 2.75) is 52.0 Å². The molecule has 0 aromatic heterocycles. The molecule has 29 heavy (non-hydrogen) atoms. The van der Waals surface area contributed by atoms with Crippen LogP contribution >= 0.6 is 12.4 Å². The summed E-state index contributed by atoms with van der Waals surface area (Å²) in [5, 5.41) is 6.29. The van der Waals surface area contributed by atoms with Crippen molar-refractivity contribution in [2.75, 3.05) is 32.8 Å². The van der Waals surface area contributed by atoms with Crippen molar-refractivity contribution in [1.29, 1.82) is 0 Å². The second-order valence-corrected chi connectivity index (χ2v) is 8.16. The minimum absolute atomic E-state index is 0. The van der Waals surface area contributed by atoms with Crippen molar-refractivity contribution in [3.8, 4) is 5.75 Å². The summed E-state index contributed by atoms with van der Waals surface area (Å²) in [5.74, 6) is 1.40. The third-order valence-electron chi connectivity index (χ3n) is 5.59. The molecule has 2 saturated heterocycles. The lowest BCUT2D eigenvalue weighted by Crippen LogP contribution is -2.46. The summed E-state index contributed by atoms with van der Waals surface area (Å²) >= 11 is 0. The fourth-order valence-electron chi connectivity index (χ4n) is 4.17. The van der Waals surface area contributed by atoms with Crippen LogP contribution < -0.4 is 15.4 Å². The molecule has 1 aromatic carbocycles. The van der Waals surface area contributed by atoms with E-state index in [4.69, 9.17) is 4.74 Å². The summed E-state index contributed by atoms with van der Waals surface area (Å²) in [6, 6.07) is 6.06. The van der Waals surface area contributed by atoms with Crippen LogP contribution in [0.2, 0.25) is 0 Å². The van der Waals surface area contributed by atoms with Crippen molar-refractivity contribution < 1.29 is 14.3 Å². The maximum Gasteiger partial charge on any atom is 0.237 e. The van der Waals surface area contributed by atoms with Crippen LogP contribution in [0, 0.1) is 19.8 Å². The minimum atomic E-state index is -0.0382. The second kappa shape index (κ2) is 11.4. The zero-order valence-corrected chi connectivity index (χ0v) is 18.4. The fraction of sp³-hybridized carbons (Fsp3) is 0.636. The molecule has 2 heterocycles. The molecule has 0 saturated carbocycles. The van der Waals surface area contributed by atoms with Gasteiger partial charge in [-0.2, -0.15) is 0 Å². The van der Waals surface area contributed by atoms with Crippen LogP contribution in [0.15, 0.2) is 18.2 Å². The van der Waals surface area contributed by atoms with E-state index in [0.717, 1.165) is 62.2 Å². The smallest absolute Gasteiger partial charge is 0.237 e. The highest BCUT2D eigenvalue weighted by Crippen LogP contribution is 2.19. The number of nitrogens with one attached hydrogen (secondary N) is 2. The van der Waals surface area contributed by atoms with Crippen molar-refractivity contribution in [1.82, 2.24) is 15.5 Å². The van der Waals surface area contributed by atoms with Gasteiger partial charge in [-0.15, -0.1) is 12.4 Å². The number of carbonyl (C=O) groups excluding carboxylic acids is 2. The van der Waals surface area contributed by atoms with Crippen LogP contribution in [0.25, 0.3) is 0 Å². The number of hydrogen-bond donors (Lipinski definition) is 2. The number of amides is 2. The van der Waals surface area contributed by atoms with Gasteiger partial charge in [-0.05, 0) is 75.3 Å². The van der Waals surface area contributed by atoms with E-state index in [9.17, 15) is 9.59 Å². The number of benzene rings is 1. The van der Waals surface area contributed by atoms with E-state index in [1.165, 1.54) is 0 Å². The van der Waals surface area contributed by atoms with Crippen molar-refractivity contribution in [2.24, 2.45) is 5.92 Å². The Morgan fingerprint density at radius 1 is 1.17 bits per heavy atom. The van der Waals surface area contributed by atoms with Gasteiger partial charge in [0.1, 0.15) is 5.75 Å². The Kier molecular flexibility index (Phi) is 9.24. The van der Waals surface area contributed by atoms with Crippen LogP contribution in [-0.4, -0.2) is 55.5 Å². The molecule has 2 unspecified atom stereocenters. The second-order valence-electron chi connectivity index (χ2n) is 8.16. The zero-order valence-electron chi connectivity index (χ0n) is 17.5. The number of piperidine rings is 1. The number of rotatable bonds is 7. The normalized spacial score (nSPS) is 21.4. The van der Waals surface area contributed by atoms with Gasteiger partial charge < -0.3 is 20.3 Å².